The molecule has 30 heavy (non-hydrogen) atoms. The molecular weight excluding hydrogens is 506 g/mol. The number of benzene rings is 3. The minimum Gasteiger partial charge on any atom is -0.274 e. The zero-order valence-corrected chi connectivity index (χ0v) is 19.3. The van der Waals surface area contributed by atoms with E-state index < -0.39 is 20.5 Å². The topological polar surface area (TPSA) is 37.4 Å². The Balaban J connectivity index is 1.67. The van der Waals surface area contributed by atoms with Crippen molar-refractivity contribution in [1.82, 2.24) is 0 Å². The van der Waals surface area contributed by atoms with Gasteiger partial charge in [-0.05, 0) is 46.9 Å². The molecule has 0 saturated carbocycles. The van der Waals surface area contributed by atoms with Crippen molar-refractivity contribution in [2.75, 3.05) is 4.90 Å². The summed E-state index contributed by atoms with van der Waals surface area (Å²) < 4.78 is -1.49. The van der Waals surface area contributed by atoms with E-state index in [0.29, 0.717) is 5.69 Å². The molecule has 1 fully saturated rings. The fourth-order valence-corrected chi connectivity index (χ4v) is 7.99. The minimum atomic E-state index is -0.744. The SMILES string of the molecule is Cc1cccc(N2C(=O)[C@@H]3[C@H](C2=O)C2(Br)c4ccccc4C3(Br)c3ccccc32)c1. The smallest absolute Gasteiger partial charge is 0.239 e. The van der Waals surface area contributed by atoms with E-state index in [1.165, 1.54) is 4.90 Å². The summed E-state index contributed by atoms with van der Waals surface area (Å²) in [5.41, 5.74) is 5.85. The zero-order valence-electron chi connectivity index (χ0n) is 16.1. The van der Waals surface area contributed by atoms with Gasteiger partial charge < -0.3 is 0 Å². The maximum Gasteiger partial charge on any atom is 0.239 e. The molecule has 3 aromatic carbocycles. The van der Waals surface area contributed by atoms with Crippen molar-refractivity contribution in [2.24, 2.45) is 11.8 Å². The van der Waals surface area contributed by atoms with Gasteiger partial charge in [-0.25, -0.2) is 4.90 Å². The normalized spacial score (nSPS) is 30.8. The van der Waals surface area contributed by atoms with Crippen LogP contribution >= 0.6 is 31.9 Å². The van der Waals surface area contributed by atoms with E-state index >= 15 is 0 Å². The van der Waals surface area contributed by atoms with E-state index in [4.69, 9.17) is 0 Å². The molecule has 0 N–H and O–H groups in total. The molecule has 0 radical (unpaired) electrons. The van der Waals surface area contributed by atoms with Gasteiger partial charge in [-0.3, -0.25) is 9.59 Å². The van der Waals surface area contributed by atoms with Crippen LogP contribution in [0.5, 0.6) is 0 Å². The Labute approximate surface area is 191 Å². The van der Waals surface area contributed by atoms with Crippen LogP contribution < -0.4 is 4.90 Å². The van der Waals surface area contributed by atoms with Gasteiger partial charge in [0.25, 0.3) is 0 Å². The predicted molar refractivity (Wildman–Crippen MR) is 123 cm³/mol. The van der Waals surface area contributed by atoms with Gasteiger partial charge in [0.2, 0.25) is 11.8 Å². The lowest BCUT2D eigenvalue weighted by Crippen LogP contribution is -2.56. The number of carbonyl (C=O) groups excluding carboxylic acids is 2. The number of hydrogen-bond donors (Lipinski definition) is 0. The van der Waals surface area contributed by atoms with Gasteiger partial charge in [0.1, 0.15) is 0 Å². The molecule has 2 bridgehead atoms. The Kier molecular flexibility index (Phi) is 3.66. The third kappa shape index (κ3) is 1.96. The van der Waals surface area contributed by atoms with Gasteiger partial charge in [-0.1, -0.05) is 92.5 Å². The van der Waals surface area contributed by atoms with Crippen LogP contribution in [0.1, 0.15) is 27.8 Å². The molecule has 1 saturated heterocycles. The molecule has 5 heteroatoms. The van der Waals surface area contributed by atoms with Crippen LogP contribution in [0.3, 0.4) is 0 Å². The van der Waals surface area contributed by atoms with Crippen molar-refractivity contribution >= 4 is 49.4 Å². The van der Waals surface area contributed by atoms with E-state index in [1.807, 2.05) is 55.5 Å². The van der Waals surface area contributed by atoms with Crippen molar-refractivity contribution in [1.29, 1.82) is 0 Å². The van der Waals surface area contributed by atoms with Gasteiger partial charge in [-0.15, -0.1) is 0 Å². The minimum absolute atomic E-state index is 0.152. The van der Waals surface area contributed by atoms with Crippen LogP contribution in [-0.2, 0) is 18.2 Å². The van der Waals surface area contributed by atoms with Gasteiger partial charge in [0.05, 0.1) is 26.2 Å². The third-order valence-corrected chi connectivity index (χ3v) is 9.54. The number of amides is 2. The van der Waals surface area contributed by atoms with Crippen molar-refractivity contribution in [3.63, 3.8) is 0 Å². The number of halogens is 2. The van der Waals surface area contributed by atoms with Crippen LogP contribution in [0, 0.1) is 18.8 Å². The first-order valence-electron chi connectivity index (χ1n) is 9.92. The van der Waals surface area contributed by atoms with E-state index in [1.54, 1.807) is 0 Å². The highest BCUT2D eigenvalue weighted by molar-refractivity contribution is 9.10. The maximum atomic E-state index is 13.9. The first kappa shape index (κ1) is 18.5. The average Bonchev–Trinajstić information content (AvgIpc) is 3.03. The lowest BCUT2D eigenvalue weighted by atomic mass is 9.54. The third-order valence-electron chi connectivity index (χ3n) is 6.85. The molecule has 3 nitrogen and oxygen atoms in total. The quantitative estimate of drug-likeness (QED) is 0.317. The fraction of sp³-hybridized carbons (Fsp3) is 0.200. The van der Waals surface area contributed by atoms with Crippen LogP contribution in [0.25, 0.3) is 0 Å². The van der Waals surface area contributed by atoms with Crippen molar-refractivity contribution in [3.8, 4) is 0 Å². The Morgan fingerprint density at radius 3 is 1.53 bits per heavy atom. The van der Waals surface area contributed by atoms with E-state index in [2.05, 4.69) is 56.1 Å². The lowest BCUT2D eigenvalue weighted by Gasteiger charge is -2.55. The van der Waals surface area contributed by atoms with Crippen LogP contribution in [0.4, 0.5) is 5.69 Å². The molecular formula is C25H17Br2NO2. The highest BCUT2D eigenvalue weighted by Gasteiger charge is 2.72. The van der Waals surface area contributed by atoms with E-state index in [9.17, 15) is 9.59 Å². The second kappa shape index (κ2) is 5.92. The summed E-state index contributed by atoms with van der Waals surface area (Å²) >= 11 is 8.05. The van der Waals surface area contributed by atoms with Crippen LogP contribution in [0.15, 0.2) is 72.8 Å². The van der Waals surface area contributed by atoms with Crippen molar-refractivity contribution in [3.05, 3.63) is 101 Å². The molecule has 3 aromatic rings. The van der Waals surface area contributed by atoms with Crippen molar-refractivity contribution < 1.29 is 9.59 Å². The van der Waals surface area contributed by atoms with Crippen LogP contribution in [-0.4, -0.2) is 11.8 Å². The summed E-state index contributed by atoms with van der Waals surface area (Å²) in [6.07, 6.45) is 0. The molecule has 2 atom stereocenters. The number of alkyl halides is 2. The number of carbonyl (C=O) groups is 2. The number of anilines is 1. The second-order valence-corrected chi connectivity index (χ2v) is 10.8. The fourth-order valence-electron chi connectivity index (χ4n) is 5.69. The highest BCUT2D eigenvalue weighted by Crippen LogP contribution is 2.70. The molecule has 2 amide bonds. The molecule has 148 valence electrons. The van der Waals surface area contributed by atoms with Gasteiger partial charge >= 0.3 is 0 Å². The summed E-state index contributed by atoms with van der Waals surface area (Å²) in [6, 6.07) is 23.9. The standard InChI is InChI=1S/C25H17Br2NO2/c1-14-7-6-8-15(13-14)28-22(29)20-21(23(28)30)25(27)17-10-3-2-9-16(17)24(20,26)18-11-4-5-12-19(18)25/h2-13,20-21H,1H3/t20-,21+,24?,25?. The Morgan fingerprint density at radius 2 is 1.13 bits per heavy atom. The molecule has 1 aliphatic heterocycles. The summed E-state index contributed by atoms with van der Waals surface area (Å²) in [5.74, 6) is -1.37. The first-order chi connectivity index (χ1) is 14.4. The number of imide groups is 1. The highest BCUT2D eigenvalue weighted by atomic mass is 79.9. The lowest BCUT2D eigenvalue weighted by molar-refractivity contribution is -0.122. The summed E-state index contributed by atoms with van der Waals surface area (Å²) in [7, 11) is 0. The second-order valence-electron chi connectivity index (χ2n) is 8.32. The Bertz CT molecular complexity index is 1150. The van der Waals surface area contributed by atoms with Crippen molar-refractivity contribution in [2.45, 2.75) is 15.6 Å². The average molecular weight is 523 g/mol. The summed E-state index contributed by atoms with van der Waals surface area (Å²) in [6.45, 7) is 1.97. The van der Waals surface area contributed by atoms with Gasteiger partial charge in [0, 0.05) is 0 Å². The zero-order chi connectivity index (χ0) is 20.8. The molecule has 0 aromatic heterocycles. The Morgan fingerprint density at radius 1 is 0.700 bits per heavy atom. The maximum absolute atomic E-state index is 13.9. The monoisotopic (exact) mass is 521 g/mol. The van der Waals surface area contributed by atoms with Gasteiger partial charge in [0.15, 0.2) is 0 Å². The van der Waals surface area contributed by atoms with E-state index in [0.717, 1.165) is 27.8 Å². The predicted octanol–water partition coefficient (Wildman–Crippen LogP) is 5.40. The molecule has 0 spiro atoms. The number of rotatable bonds is 1. The molecule has 0 unspecified atom stereocenters. The number of aryl methyl sites for hydroxylation is 1. The Hall–Kier alpha value is -2.24. The molecule has 3 aliphatic carbocycles. The summed E-state index contributed by atoms with van der Waals surface area (Å²) in [4.78, 5) is 29.1. The molecule has 4 aliphatic rings. The summed E-state index contributed by atoms with van der Waals surface area (Å²) in [5, 5.41) is 0. The van der Waals surface area contributed by atoms with E-state index in [-0.39, 0.29) is 11.8 Å². The molecule has 1 heterocycles. The first-order valence-corrected chi connectivity index (χ1v) is 11.5. The largest absolute Gasteiger partial charge is 0.274 e. The number of nitrogens with zero attached hydrogens (tertiary/aromatic N) is 1. The number of hydrogen-bond acceptors (Lipinski definition) is 2. The van der Waals surface area contributed by atoms with Crippen LogP contribution in [0.2, 0.25) is 0 Å². The molecule has 7 rings (SSSR count). The van der Waals surface area contributed by atoms with Gasteiger partial charge in [-0.2, -0.15) is 0 Å².